The normalized spacial score (nSPS) is 14.2. The SMILES string of the molecule is CC(C)(C)c1cc(C2=Cc3ccccc3C2)ncn1. The van der Waals surface area contributed by atoms with Crippen molar-refractivity contribution in [1.29, 1.82) is 0 Å². The largest absolute Gasteiger partial charge is 0.241 e. The van der Waals surface area contributed by atoms with Crippen molar-refractivity contribution in [3.8, 4) is 0 Å². The third kappa shape index (κ3) is 2.30. The third-order valence-electron chi connectivity index (χ3n) is 3.53. The van der Waals surface area contributed by atoms with Crippen LogP contribution in [0, 0.1) is 0 Å². The fourth-order valence-electron chi connectivity index (χ4n) is 2.39. The van der Waals surface area contributed by atoms with E-state index >= 15 is 0 Å². The summed E-state index contributed by atoms with van der Waals surface area (Å²) >= 11 is 0. The number of rotatable bonds is 1. The number of aromatic nitrogens is 2. The molecule has 0 amide bonds. The molecule has 1 aliphatic rings. The van der Waals surface area contributed by atoms with Gasteiger partial charge < -0.3 is 0 Å². The van der Waals surface area contributed by atoms with Crippen molar-refractivity contribution < 1.29 is 0 Å². The summed E-state index contributed by atoms with van der Waals surface area (Å²) in [5.74, 6) is 0. The standard InChI is InChI=1S/C17H18N2/c1-17(2,3)16-10-15(18-11-19-16)14-8-12-6-4-5-7-13(12)9-14/h4-8,10-11H,9H2,1-3H3. The lowest BCUT2D eigenvalue weighted by Crippen LogP contribution is -2.14. The van der Waals surface area contributed by atoms with Crippen LogP contribution < -0.4 is 0 Å². The first-order valence-electron chi connectivity index (χ1n) is 6.65. The van der Waals surface area contributed by atoms with Gasteiger partial charge in [-0.2, -0.15) is 0 Å². The van der Waals surface area contributed by atoms with Crippen molar-refractivity contribution in [1.82, 2.24) is 9.97 Å². The smallest absolute Gasteiger partial charge is 0.116 e. The van der Waals surface area contributed by atoms with Crippen molar-refractivity contribution in [2.75, 3.05) is 0 Å². The van der Waals surface area contributed by atoms with Crippen LogP contribution >= 0.6 is 0 Å². The van der Waals surface area contributed by atoms with Crippen molar-refractivity contribution in [2.45, 2.75) is 32.6 Å². The zero-order valence-corrected chi connectivity index (χ0v) is 11.6. The number of nitrogens with zero attached hydrogens (tertiary/aromatic N) is 2. The van der Waals surface area contributed by atoms with Gasteiger partial charge in [0.1, 0.15) is 6.33 Å². The van der Waals surface area contributed by atoms with Crippen molar-refractivity contribution in [3.05, 3.63) is 59.2 Å². The van der Waals surface area contributed by atoms with Crippen LogP contribution in [0.15, 0.2) is 36.7 Å². The van der Waals surface area contributed by atoms with E-state index in [1.165, 1.54) is 16.7 Å². The van der Waals surface area contributed by atoms with E-state index < -0.39 is 0 Å². The fraction of sp³-hybridized carbons (Fsp3) is 0.294. The average molecular weight is 250 g/mol. The maximum Gasteiger partial charge on any atom is 0.116 e. The Kier molecular flexibility index (Phi) is 2.74. The van der Waals surface area contributed by atoms with Crippen molar-refractivity contribution in [2.24, 2.45) is 0 Å². The van der Waals surface area contributed by atoms with Gasteiger partial charge in [-0.3, -0.25) is 0 Å². The molecule has 0 atom stereocenters. The van der Waals surface area contributed by atoms with E-state index in [2.05, 4.69) is 67.1 Å². The van der Waals surface area contributed by atoms with Crippen molar-refractivity contribution >= 4 is 11.6 Å². The summed E-state index contributed by atoms with van der Waals surface area (Å²) in [5, 5.41) is 0. The summed E-state index contributed by atoms with van der Waals surface area (Å²) in [6, 6.07) is 10.6. The summed E-state index contributed by atoms with van der Waals surface area (Å²) in [6.45, 7) is 6.53. The second-order valence-electron chi connectivity index (χ2n) is 6.08. The van der Waals surface area contributed by atoms with Crippen LogP contribution in [0.4, 0.5) is 0 Å². The van der Waals surface area contributed by atoms with Crippen LogP contribution in [-0.4, -0.2) is 9.97 Å². The Hall–Kier alpha value is -1.96. The minimum Gasteiger partial charge on any atom is -0.241 e. The minimum atomic E-state index is 0.0592. The maximum absolute atomic E-state index is 4.44. The molecule has 2 aromatic rings. The van der Waals surface area contributed by atoms with Gasteiger partial charge in [0.05, 0.1) is 5.69 Å². The maximum atomic E-state index is 4.44. The number of hydrogen-bond donors (Lipinski definition) is 0. The molecular weight excluding hydrogens is 232 g/mol. The third-order valence-corrected chi connectivity index (χ3v) is 3.53. The first kappa shape index (κ1) is 12.1. The number of benzene rings is 1. The van der Waals surface area contributed by atoms with Gasteiger partial charge in [0.2, 0.25) is 0 Å². The molecule has 0 bridgehead atoms. The molecule has 1 aromatic carbocycles. The first-order chi connectivity index (χ1) is 9.04. The molecule has 0 fully saturated rings. The van der Waals surface area contributed by atoms with Crippen LogP contribution in [0.1, 0.15) is 43.3 Å². The predicted molar refractivity (Wildman–Crippen MR) is 78.7 cm³/mol. The fourth-order valence-corrected chi connectivity index (χ4v) is 2.39. The molecule has 3 rings (SSSR count). The van der Waals surface area contributed by atoms with E-state index in [9.17, 15) is 0 Å². The van der Waals surface area contributed by atoms with Gasteiger partial charge in [0.25, 0.3) is 0 Å². The predicted octanol–water partition coefficient (Wildman–Crippen LogP) is 3.87. The molecule has 0 N–H and O–H groups in total. The highest BCUT2D eigenvalue weighted by molar-refractivity contribution is 5.87. The molecule has 0 unspecified atom stereocenters. The van der Waals surface area contributed by atoms with E-state index in [-0.39, 0.29) is 5.41 Å². The molecule has 1 heterocycles. The number of hydrogen-bond acceptors (Lipinski definition) is 2. The van der Waals surface area contributed by atoms with Gasteiger partial charge in [-0.05, 0) is 28.8 Å². The second kappa shape index (κ2) is 4.30. The summed E-state index contributed by atoms with van der Waals surface area (Å²) < 4.78 is 0. The van der Waals surface area contributed by atoms with E-state index in [0.29, 0.717) is 0 Å². The lowest BCUT2D eigenvalue weighted by molar-refractivity contribution is 0.566. The van der Waals surface area contributed by atoms with Gasteiger partial charge in [-0.25, -0.2) is 9.97 Å². The number of allylic oxidation sites excluding steroid dienone is 1. The summed E-state index contributed by atoms with van der Waals surface area (Å²) in [5.41, 5.74) is 6.19. The van der Waals surface area contributed by atoms with Gasteiger partial charge >= 0.3 is 0 Å². The highest BCUT2D eigenvalue weighted by Gasteiger charge is 2.19. The van der Waals surface area contributed by atoms with E-state index in [0.717, 1.165) is 17.8 Å². The van der Waals surface area contributed by atoms with Gasteiger partial charge in [-0.1, -0.05) is 45.0 Å². The molecule has 0 aliphatic heterocycles. The molecule has 2 nitrogen and oxygen atoms in total. The molecular formula is C17H18N2. The zero-order valence-electron chi connectivity index (χ0n) is 11.6. The Bertz CT molecular complexity index is 648. The van der Waals surface area contributed by atoms with Crippen LogP contribution in [0.5, 0.6) is 0 Å². The molecule has 96 valence electrons. The van der Waals surface area contributed by atoms with Gasteiger partial charge in [0, 0.05) is 17.5 Å². The van der Waals surface area contributed by atoms with Crippen LogP contribution in [0.3, 0.4) is 0 Å². The van der Waals surface area contributed by atoms with E-state index in [1.807, 2.05) is 0 Å². The molecule has 1 aromatic heterocycles. The first-order valence-corrected chi connectivity index (χ1v) is 6.65. The Labute approximate surface area is 114 Å². The minimum absolute atomic E-state index is 0.0592. The number of fused-ring (bicyclic) bond motifs is 1. The second-order valence-corrected chi connectivity index (χ2v) is 6.08. The monoisotopic (exact) mass is 250 g/mol. The highest BCUT2D eigenvalue weighted by Crippen LogP contribution is 2.31. The molecule has 19 heavy (non-hydrogen) atoms. The van der Waals surface area contributed by atoms with Crippen LogP contribution in [0.25, 0.3) is 11.6 Å². The molecule has 0 saturated carbocycles. The van der Waals surface area contributed by atoms with Crippen molar-refractivity contribution in [3.63, 3.8) is 0 Å². The Morgan fingerprint density at radius 1 is 1.05 bits per heavy atom. The van der Waals surface area contributed by atoms with E-state index in [4.69, 9.17) is 0 Å². The summed E-state index contributed by atoms with van der Waals surface area (Å²) in [4.78, 5) is 8.83. The average Bonchev–Trinajstić information content (AvgIpc) is 2.81. The van der Waals surface area contributed by atoms with E-state index in [1.54, 1.807) is 6.33 Å². The molecule has 0 saturated heterocycles. The topological polar surface area (TPSA) is 25.8 Å². The Balaban J connectivity index is 1.98. The lowest BCUT2D eigenvalue weighted by Gasteiger charge is -2.17. The Morgan fingerprint density at radius 2 is 1.84 bits per heavy atom. The van der Waals surface area contributed by atoms with Crippen LogP contribution in [0.2, 0.25) is 0 Å². The van der Waals surface area contributed by atoms with Crippen LogP contribution in [-0.2, 0) is 11.8 Å². The molecule has 0 spiro atoms. The highest BCUT2D eigenvalue weighted by atomic mass is 14.8. The molecule has 2 heteroatoms. The summed E-state index contributed by atoms with van der Waals surface area (Å²) in [7, 11) is 0. The van der Waals surface area contributed by atoms with Gasteiger partial charge in [-0.15, -0.1) is 0 Å². The zero-order chi connectivity index (χ0) is 13.5. The summed E-state index contributed by atoms with van der Waals surface area (Å²) in [6.07, 6.45) is 4.89. The molecule has 0 radical (unpaired) electrons. The molecule has 1 aliphatic carbocycles. The Morgan fingerprint density at radius 3 is 2.58 bits per heavy atom. The lowest BCUT2D eigenvalue weighted by atomic mass is 9.91. The quantitative estimate of drug-likeness (QED) is 0.767. The van der Waals surface area contributed by atoms with Gasteiger partial charge in [0.15, 0.2) is 0 Å².